The molecule has 0 amide bonds. The first-order valence-corrected chi connectivity index (χ1v) is 15.1. The van der Waals surface area contributed by atoms with Crippen LogP contribution in [0.3, 0.4) is 0 Å². The van der Waals surface area contributed by atoms with E-state index in [0.29, 0.717) is 47.1 Å². The van der Waals surface area contributed by atoms with Crippen molar-refractivity contribution in [2.45, 2.75) is 53.7 Å². The third-order valence-corrected chi connectivity index (χ3v) is 10.6. The number of pyridine rings is 1. The van der Waals surface area contributed by atoms with Crippen LogP contribution in [0.4, 0.5) is 11.6 Å². The van der Waals surface area contributed by atoms with Crippen LogP contribution in [0.1, 0.15) is 25.5 Å². The molecule has 0 unspecified atom stereocenters. The Labute approximate surface area is 246 Å². The van der Waals surface area contributed by atoms with E-state index in [9.17, 15) is 13.5 Å². The number of aliphatic hydroxyl groups is 1. The minimum atomic E-state index is -3.09. The summed E-state index contributed by atoms with van der Waals surface area (Å²) in [6.45, 7) is 4.80. The molecule has 10 nitrogen and oxygen atoms in total. The van der Waals surface area contributed by atoms with Gasteiger partial charge in [-0.1, -0.05) is 23.4 Å². The van der Waals surface area contributed by atoms with Crippen LogP contribution in [-0.2, 0) is 21.2 Å². The Balaban J connectivity index is 0.00000200. The highest BCUT2D eigenvalue weighted by Crippen LogP contribution is 2.43. The van der Waals surface area contributed by atoms with E-state index in [2.05, 4.69) is 19.9 Å². The summed E-state index contributed by atoms with van der Waals surface area (Å²) < 4.78 is 29.3. The molecule has 15 heteroatoms. The fourth-order valence-corrected chi connectivity index (χ4v) is 7.21. The lowest BCUT2D eigenvalue weighted by atomic mass is 9.73. The summed E-state index contributed by atoms with van der Waals surface area (Å²) >= 11 is 7.97. The second kappa shape index (κ2) is 12.2. The Bertz CT molecular complexity index is 1240. The molecule has 3 fully saturated rings. The minimum Gasteiger partial charge on any atom is -0.390 e. The molecule has 212 valence electrons. The highest BCUT2D eigenvalue weighted by molar-refractivity contribution is 7.99. The minimum absolute atomic E-state index is 0. The number of ether oxygens (including phenoxy) is 1. The number of rotatable bonds is 6. The number of hydrogen-bond donors (Lipinski definition) is 2. The molecule has 3 aliphatic rings. The van der Waals surface area contributed by atoms with Crippen molar-refractivity contribution in [3.8, 4) is 0 Å². The smallest absolute Gasteiger partial charge is 0.153 e. The fraction of sp³-hybridized carbons (Fsp3) is 0.609. The number of aliphatic hydroxyl groups excluding tert-OH is 1. The Hall–Kier alpha value is -1.00. The molecule has 0 radical (unpaired) electrons. The van der Waals surface area contributed by atoms with Gasteiger partial charge < -0.3 is 25.4 Å². The largest absolute Gasteiger partial charge is 0.390 e. The number of halogens is 1. The molecule has 2 atom stereocenters. The molecule has 1 spiro atoms. The molecular formula is C23H35ClN6O4S4. The molecule has 38 heavy (non-hydrogen) atoms. The molecule has 3 aliphatic heterocycles. The molecule has 0 bridgehead atoms. The van der Waals surface area contributed by atoms with E-state index in [4.69, 9.17) is 22.1 Å². The lowest BCUT2D eigenvalue weighted by Gasteiger charge is -2.41. The molecule has 5 rings (SSSR count). The summed E-state index contributed by atoms with van der Waals surface area (Å²) in [5.41, 5.74) is 6.96. The molecule has 5 heterocycles. The second-order valence-corrected chi connectivity index (χ2v) is 13.7. The average molecular weight is 623 g/mol. The van der Waals surface area contributed by atoms with E-state index >= 15 is 0 Å². The van der Waals surface area contributed by atoms with Crippen molar-refractivity contribution < 1.29 is 18.3 Å². The van der Waals surface area contributed by atoms with Crippen LogP contribution in [-0.4, -0.2) is 84.9 Å². The second-order valence-electron chi connectivity index (χ2n) is 9.93. The van der Waals surface area contributed by atoms with Gasteiger partial charge in [0, 0.05) is 55.0 Å². The van der Waals surface area contributed by atoms with Gasteiger partial charge in [-0.2, -0.15) is 27.0 Å². The first-order valence-electron chi connectivity index (χ1n) is 12.0. The number of anilines is 2. The molecule has 2 aromatic heterocycles. The predicted octanol–water partition coefficient (Wildman–Crippen LogP) is 1.96. The van der Waals surface area contributed by atoms with Crippen LogP contribution < -0.4 is 15.5 Å². The van der Waals surface area contributed by atoms with E-state index in [1.54, 1.807) is 18.5 Å². The SMILES string of the molecule is C[C@@H]1OCC2(CCN(c3ncc(Sc4ccnc(N5CC(S(C)(=O)=O)C5)c4Cl)nc3CO)CC2)[C@@H]1N.S.S. The van der Waals surface area contributed by atoms with E-state index in [1.807, 2.05) is 11.8 Å². The summed E-state index contributed by atoms with van der Waals surface area (Å²) in [6, 6.07) is 1.82. The van der Waals surface area contributed by atoms with Crippen molar-refractivity contribution in [2.75, 3.05) is 48.8 Å². The Morgan fingerprint density at radius 2 is 1.89 bits per heavy atom. The molecular weight excluding hydrogens is 588 g/mol. The number of sulfone groups is 1. The van der Waals surface area contributed by atoms with Gasteiger partial charge in [0.2, 0.25) is 0 Å². The van der Waals surface area contributed by atoms with Gasteiger partial charge in [0.25, 0.3) is 0 Å². The third kappa shape index (κ3) is 6.02. The van der Waals surface area contributed by atoms with Crippen LogP contribution in [0, 0.1) is 5.41 Å². The maximum atomic E-state index is 11.7. The maximum absolute atomic E-state index is 11.7. The van der Waals surface area contributed by atoms with E-state index in [1.165, 1.54) is 18.0 Å². The van der Waals surface area contributed by atoms with Gasteiger partial charge in [-0.3, -0.25) is 0 Å². The molecule has 2 aromatic rings. The number of piperidine rings is 1. The molecule has 0 saturated carbocycles. The van der Waals surface area contributed by atoms with E-state index in [-0.39, 0.29) is 51.2 Å². The highest BCUT2D eigenvalue weighted by atomic mass is 35.5. The van der Waals surface area contributed by atoms with Crippen LogP contribution in [0.2, 0.25) is 5.02 Å². The fourth-order valence-electron chi connectivity index (χ4n) is 5.17. The Morgan fingerprint density at radius 3 is 2.47 bits per heavy atom. The lowest BCUT2D eigenvalue weighted by molar-refractivity contribution is 0.0973. The van der Waals surface area contributed by atoms with E-state index < -0.39 is 15.1 Å². The predicted molar refractivity (Wildman–Crippen MR) is 160 cm³/mol. The number of nitrogens with zero attached hydrogens (tertiary/aromatic N) is 5. The van der Waals surface area contributed by atoms with Gasteiger partial charge in [0.1, 0.15) is 16.5 Å². The summed E-state index contributed by atoms with van der Waals surface area (Å²) in [4.78, 5) is 18.4. The monoisotopic (exact) mass is 622 g/mol. The van der Waals surface area contributed by atoms with Crippen molar-refractivity contribution in [3.05, 3.63) is 29.2 Å². The lowest BCUT2D eigenvalue weighted by Crippen LogP contribution is -2.55. The number of aromatic nitrogens is 3. The summed E-state index contributed by atoms with van der Waals surface area (Å²) in [7, 11) is -3.09. The number of nitrogens with two attached hydrogens (primary N) is 1. The quantitative estimate of drug-likeness (QED) is 0.489. The molecule has 3 saturated heterocycles. The van der Waals surface area contributed by atoms with Crippen molar-refractivity contribution >= 4 is 71.8 Å². The summed E-state index contributed by atoms with van der Waals surface area (Å²) in [5.74, 6) is 1.24. The zero-order valence-electron chi connectivity index (χ0n) is 21.3. The first kappa shape index (κ1) is 31.5. The van der Waals surface area contributed by atoms with Gasteiger partial charge in [0.05, 0.1) is 35.8 Å². The first-order chi connectivity index (χ1) is 17.1. The van der Waals surface area contributed by atoms with Gasteiger partial charge >= 0.3 is 0 Å². The standard InChI is InChI=1S/C23H31ClN6O4S2.2H2S/c1-14-20(25)23(13-34-14)4-7-29(8-5-23)21-16(12-31)28-18(9-27-21)35-17-3-6-26-22(19(17)24)30-10-15(11-30)36(2,32)33;;/h3,6,9,14-15,20,31H,4-5,7-8,10-13,25H2,1-2H3;2*1H2/t14-,20+;;/m0../s1. The molecule has 0 aliphatic carbocycles. The van der Waals surface area contributed by atoms with Gasteiger partial charge in [-0.25, -0.2) is 23.4 Å². The van der Waals surface area contributed by atoms with Crippen molar-refractivity contribution in [2.24, 2.45) is 11.1 Å². The van der Waals surface area contributed by atoms with Crippen molar-refractivity contribution in [1.82, 2.24) is 15.0 Å². The zero-order valence-corrected chi connectivity index (χ0v) is 25.7. The summed E-state index contributed by atoms with van der Waals surface area (Å²) in [5, 5.41) is 10.7. The maximum Gasteiger partial charge on any atom is 0.153 e. The Morgan fingerprint density at radius 1 is 1.21 bits per heavy atom. The van der Waals surface area contributed by atoms with Crippen LogP contribution >= 0.6 is 50.4 Å². The molecule has 0 aromatic carbocycles. The highest BCUT2D eigenvalue weighted by Gasteiger charge is 2.47. The van der Waals surface area contributed by atoms with Gasteiger partial charge in [0.15, 0.2) is 15.7 Å². The normalized spacial score (nSPS) is 23.1. The van der Waals surface area contributed by atoms with Crippen LogP contribution in [0.5, 0.6) is 0 Å². The van der Waals surface area contributed by atoms with Crippen LogP contribution in [0.15, 0.2) is 28.4 Å². The van der Waals surface area contributed by atoms with E-state index in [0.717, 1.165) is 30.8 Å². The topological polar surface area (TPSA) is 135 Å². The van der Waals surface area contributed by atoms with Crippen LogP contribution in [0.25, 0.3) is 0 Å². The Kier molecular flexibility index (Phi) is 10.2. The number of hydrogen-bond acceptors (Lipinski definition) is 11. The van der Waals surface area contributed by atoms with Gasteiger partial charge in [-0.05, 0) is 25.8 Å². The summed E-state index contributed by atoms with van der Waals surface area (Å²) in [6.07, 6.45) is 6.48. The van der Waals surface area contributed by atoms with Gasteiger partial charge in [-0.15, -0.1) is 0 Å². The average Bonchev–Trinajstić information content (AvgIpc) is 3.08. The zero-order chi connectivity index (χ0) is 25.7. The third-order valence-electron chi connectivity index (χ3n) is 7.66. The van der Waals surface area contributed by atoms with Crippen molar-refractivity contribution in [1.29, 1.82) is 0 Å². The van der Waals surface area contributed by atoms with Crippen molar-refractivity contribution in [3.63, 3.8) is 0 Å². The molecule has 3 N–H and O–H groups in total.